The molecule has 0 saturated carbocycles. The third kappa shape index (κ3) is 4.58. The Bertz CT molecular complexity index is 1210. The van der Waals surface area contributed by atoms with Crippen LogP contribution >= 0.6 is 11.8 Å². The van der Waals surface area contributed by atoms with Gasteiger partial charge in [-0.15, -0.1) is 10.2 Å². The summed E-state index contributed by atoms with van der Waals surface area (Å²) in [5.74, 6) is -1.31. The number of halogens is 3. The molecule has 33 heavy (non-hydrogen) atoms. The van der Waals surface area contributed by atoms with Crippen LogP contribution in [0.4, 0.5) is 24.5 Å². The van der Waals surface area contributed by atoms with Crippen LogP contribution in [0.5, 0.6) is 0 Å². The molecule has 0 spiro atoms. The summed E-state index contributed by atoms with van der Waals surface area (Å²) in [6.07, 6.45) is -5.66. The molecule has 11 heteroatoms. The average Bonchev–Trinajstić information content (AvgIpc) is 3.03. The van der Waals surface area contributed by atoms with Gasteiger partial charge in [-0.3, -0.25) is 14.5 Å². The molecule has 0 radical (unpaired) electrons. The molecule has 1 atom stereocenters. The van der Waals surface area contributed by atoms with Crippen molar-refractivity contribution in [1.82, 2.24) is 14.8 Å². The van der Waals surface area contributed by atoms with Gasteiger partial charge in [-0.05, 0) is 24.6 Å². The Morgan fingerprint density at radius 2 is 1.85 bits per heavy atom. The normalized spacial score (nSPS) is 16.2. The number of para-hydroxylation sites is 2. The molecule has 1 aliphatic rings. The lowest BCUT2D eigenvalue weighted by Gasteiger charge is -2.31. The summed E-state index contributed by atoms with van der Waals surface area (Å²) in [5, 5.41) is 11.1. The molecular formula is C22H20F3N5O2S. The summed E-state index contributed by atoms with van der Waals surface area (Å²) in [7, 11) is 1.73. The van der Waals surface area contributed by atoms with E-state index in [4.69, 9.17) is 0 Å². The Kier molecular flexibility index (Phi) is 6.15. The van der Waals surface area contributed by atoms with Gasteiger partial charge in [0.25, 0.3) is 0 Å². The summed E-state index contributed by atoms with van der Waals surface area (Å²) in [6, 6.07) is 11.3. The van der Waals surface area contributed by atoms with Gasteiger partial charge >= 0.3 is 6.18 Å². The SMILES string of the molecule is Cc1ccccc1-c1nnc(SCC(=O)N2c3ccccc3NC(=O)CC2C(F)(F)F)n1C. The predicted octanol–water partition coefficient (Wildman–Crippen LogP) is 4.19. The van der Waals surface area contributed by atoms with E-state index in [0.717, 1.165) is 22.9 Å². The minimum atomic E-state index is -4.78. The standard InChI is InChI=1S/C22H20F3N5O2S/c1-13-7-3-4-8-14(13)20-27-28-21(29(20)2)33-12-19(32)30-16-10-6-5-9-15(16)26-18(31)11-17(30)22(23,24)25/h3-10,17H,11-12H2,1-2H3,(H,26,31). The molecule has 1 aromatic heterocycles. The van der Waals surface area contributed by atoms with Crippen molar-refractivity contribution in [3.05, 3.63) is 54.1 Å². The molecule has 1 N–H and O–H groups in total. The van der Waals surface area contributed by atoms with Crippen LogP contribution < -0.4 is 10.2 Å². The van der Waals surface area contributed by atoms with Crippen molar-refractivity contribution in [2.24, 2.45) is 7.05 Å². The van der Waals surface area contributed by atoms with Crippen molar-refractivity contribution < 1.29 is 22.8 Å². The van der Waals surface area contributed by atoms with Crippen LogP contribution in [0.1, 0.15) is 12.0 Å². The largest absolute Gasteiger partial charge is 0.409 e. The second kappa shape index (κ2) is 8.89. The van der Waals surface area contributed by atoms with Crippen molar-refractivity contribution in [1.29, 1.82) is 0 Å². The Hall–Kier alpha value is -3.34. The van der Waals surface area contributed by atoms with Gasteiger partial charge in [-0.2, -0.15) is 13.2 Å². The molecule has 1 aliphatic heterocycles. The smallest absolute Gasteiger partial charge is 0.324 e. The number of hydrogen-bond acceptors (Lipinski definition) is 5. The number of aromatic nitrogens is 3. The maximum absolute atomic E-state index is 13.8. The molecule has 0 bridgehead atoms. The summed E-state index contributed by atoms with van der Waals surface area (Å²) < 4.78 is 43.2. The Labute approximate surface area is 192 Å². The Morgan fingerprint density at radius 3 is 2.58 bits per heavy atom. The zero-order valence-electron chi connectivity index (χ0n) is 17.8. The maximum Gasteiger partial charge on any atom is 0.409 e. The second-order valence-corrected chi connectivity index (χ2v) is 8.50. The lowest BCUT2D eigenvalue weighted by atomic mass is 10.1. The number of aryl methyl sites for hydroxylation is 1. The number of carbonyl (C=O) groups excluding carboxylic acids is 2. The highest BCUT2D eigenvalue weighted by Crippen LogP contribution is 2.38. The van der Waals surface area contributed by atoms with Crippen LogP contribution in [0.25, 0.3) is 11.4 Å². The number of rotatable bonds is 4. The summed E-state index contributed by atoms with van der Waals surface area (Å²) in [5.41, 5.74) is 2.03. The van der Waals surface area contributed by atoms with Gasteiger partial charge < -0.3 is 9.88 Å². The number of benzene rings is 2. The highest BCUT2D eigenvalue weighted by atomic mass is 32.2. The summed E-state index contributed by atoms with van der Waals surface area (Å²) >= 11 is 0.991. The molecular weight excluding hydrogens is 455 g/mol. The highest BCUT2D eigenvalue weighted by Gasteiger charge is 2.48. The molecule has 0 saturated heterocycles. The first kappa shape index (κ1) is 22.8. The number of anilines is 2. The van der Waals surface area contributed by atoms with Crippen molar-refractivity contribution in [2.45, 2.75) is 30.7 Å². The second-order valence-electron chi connectivity index (χ2n) is 7.56. The van der Waals surface area contributed by atoms with Crippen LogP contribution in [0, 0.1) is 6.92 Å². The molecule has 2 amide bonds. The van der Waals surface area contributed by atoms with E-state index >= 15 is 0 Å². The fourth-order valence-electron chi connectivity index (χ4n) is 3.69. The topological polar surface area (TPSA) is 80.1 Å². The molecule has 7 nitrogen and oxygen atoms in total. The first-order valence-corrected chi connectivity index (χ1v) is 11.0. The van der Waals surface area contributed by atoms with E-state index in [1.807, 2.05) is 31.2 Å². The molecule has 4 rings (SSSR count). The average molecular weight is 475 g/mol. The monoisotopic (exact) mass is 475 g/mol. The van der Waals surface area contributed by atoms with Crippen LogP contribution in [0.15, 0.2) is 53.7 Å². The van der Waals surface area contributed by atoms with Gasteiger partial charge in [-0.1, -0.05) is 48.2 Å². The van der Waals surface area contributed by atoms with Crippen molar-refractivity contribution >= 4 is 35.0 Å². The number of hydrogen-bond donors (Lipinski definition) is 1. The molecule has 1 unspecified atom stereocenters. The van der Waals surface area contributed by atoms with E-state index < -0.39 is 30.5 Å². The van der Waals surface area contributed by atoms with Gasteiger partial charge in [0.05, 0.1) is 23.5 Å². The lowest BCUT2D eigenvalue weighted by molar-refractivity contribution is -0.157. The van der Waals surface area contributed by atoms with Crippen molar-refractivity contribution in [2.75, 3.05) is 16.0 Å². The first-order chi connectivity index (χ1) is 15.7. The highest BCUT2D eigenvalue weighted by molar-refractivity contribution is 7.99. The van der Waals surface area contributed by atoms with Gasteiger partial charge in [0.2, 0.25) is 11.8 Å². The fourth-order valence-corrected chi connectivity index (χ4v) is 4.46. The third-order valence-corrected chi connectivity index (χ3v) is 6.33. The van der Waals surface area contributed by atoms with E-state index in [-0.39, 0.29) is 17.1 Å². The molecule has 172 valence electrons. The molecule has 0 fully saturated rings. The minimum absolute atomic E-state index is 0.00911. The van der Waals surface area contributed by atoms with Crippen LogP contribution in [0.3, 0.4) is 0 Å². The number of fused-ring (bicyclic) bond motifs is 1. The van der Waals surface area contributed by atoms with Gasteiger partial charge in [-0.25, -0.2) is 0 Å². The number of thioether (sulfide) groups is 1. The van der Waals surface area contributed by atoms with Crippen molar-refractivity contribution in [3.63, 3.8) is 0 Å². The lowest BCUT2D eigenvalue weighted by Crippen LogP contribution is -2.50. The third-order valence-electron chi connectivity index (χ3n) is 5.32. The van der Waals surface area contributed by atoms with E-state index in [1.165, 1.54) is 18.2 Å². The Balaban J connectivity index is 1.61. The number of amides is 2. The van der Waals surface area contributed by atoms with Gasteiger partial charge in [0.15, 0.2) is 11.0 Å². The quantitative estimate of drug-likeness (QED) is 0.573. The van der Waals surface area contributed by atoms with E-state index in [1.54, 1.807) is 17.7 Å². The summed E-state index contributed by atoms with van der Waals surface area (Å²) in [6.45, 7) is 1.93. The molecule has 3 aromatic rings. The number of nitrogens with zero attached hydrogens (tertiary/aromatic N) is 4. The van der Waals surface area contributed by atoms with Gasteiger partial charge in [0.1, 0.15) is 6.04 Å². The summed E-state index contributed by atoms with van der Waals surface area (Å²) in [4.78, 5) is 25.9. The zero-order chi connectivity index (χ0) is 23.8. The van der Waals surface area contributed by atoms with E-state index in [0.29, 0.717) is 15.9 Å². The Morgan fingerprint density at radius 1 is 1.15 bits per heavy atom. The minimum Gasteiger partial charge on any atom is -0.324 e. The number of nitrogens with one attached hydrogen (secondary N) is 1. The van der Waals surface area contributed by atoms with E-state index in [2.05, 4.69) is 15.5 Å². The van der Waals surface area contributed by atoms with Crippen LogP contribution in [0.2, 0.25) is 0 Å². The van der Waals surface area contributed by atoms with E-state index in [9.17, 15) is 22.8 Å². The fraction of sp³-hybridized carbons (Fsp3) is 0.273. The first-order valence-electron chi connectivity index (χ1n) is 10.0. The van der Waals surface area contributed by atoms with Gasteiger partial charge in [0, 0.05) is 12.6 Å². The predicted molar refractivity (Wildman–Crippen MR) is 119 cm³/mol. The van der Waals surface area contributed by atoms with Crippen molar-refractivity contribution in [3.8, 4) is 11.4 Å². The molecule has 2 aromatic carbocycles. The maximum atomic E-state index is 13.8. The molecule has 2 heterocycles. The number of carbonyl (C=O) groups is 2. The van der Waals surface area contributed by atoms with Crippen LogP contribution in [-0.4, -0.2) is 44.5 Å². The zero-order valence-corrected chi connectivity index (χ0v) is 18.6. The van der Waals surface area contributed by atoms with Crippen LogP contribution in [-0.2, 0) is 16.6 Å². The number of alkyl halides is 3. The molecule has 0 aliphatic carbocycles.